The number of aromatic hydroxyl groups is 1. The van der Waals surface area contributed by atoms with E-state index in [9.17, 15) is 9.90 Å². The molecule has 6 heteroatoms. The lowest BCUT2D eigenvalue weighted by Crippen LogP contribution is -2.46. The number of aryl methyl sites for hydroxylation is 1. The monoisotopic (exact) mass is 402 g/mol. The highest BCUT2D eigenvalue weighted by molar-refractivity contribution is 6.60. The Labute approximate surface area is 168 Å². The van der Waals surface area contributed by atoms with Gasteiger partial charge in [-0.1, -0.05) is 36.4 Å². The van der Waals surface area contributed by atoms with Crippen molar-refractivity contribution < 1.29 is 23.2 Å². The van der Waals surface area contributed by atoms with Crippen LogP contribution in [0.4, 0.5) is 0 Å². The van der Waals surface area contributed by atoms with Crippen LogP contribution >= 0.6 is 0 Å². The second-order valence-corrected chi connectivity index (χ2v) is 9.11. The fourth-order valence-electron chi connectivity index (χ4n) is 3.18. The number of carbonyl (C=O) groups is 1. The van der Waals surface area contributed by atoms with Crippen molar-refractivity contribution in [3.05, 3.63) is 65.2 Å². The van der Waals surface area contributed by atoms with Crippen LogP contribution in [0, 0.1) is 0 Å². The molecule has 0 aliphatic heterocycles. The van der Waals surface area contributed by atoms with Gasteiger partial charge >= 0.3 is 8.80 Å². The molecule has 0 saturated heterocycles. The Morgan fingerprint density at radius 1 is 0.929 bits per heavy atom. The molecule has 0 aliphatic carbocycles. The molecule has 2 aromatic rings. The summed E-state index contributed by atoms with van der Waals surface area (Å²) in [6.45, 7) is 7.51. The van der Waals surface area contributed by atoms with E-state index in [1.165, 1.54) is 0 Å². The average Bonchev–Trinajstić information content (AvgIpc) is 2.69. The van der Waals surface area contributed by atoms with E-state index in [0.29, 0.717) is 37.0 Å². The normalized spacial score (nSPS) is 11.5. The van der Waals surface area contributed by atoms with Gasteiger partial charge in [0.05, 0.1) is 5.56 Å². The van der Waals surface area contributed by atoms with Gasteiger partial charge in [-0.25, -0.2) is 0 Å². The second kappa shape index (κ2) is 11.1. The number of rotatable bonds is 12. The predicted octanol–water partition coefficient (Wildman–Crippen LogP) is 4.60. The van der Waals surface area contributed by atoms with E-state index in [1.807, 2.05) is 45.0 Å². The van der Waals surface area contributed by atoms with Gasteiger partial charge in [0.15, 0.2) is 5.78 Å². The van der Waals surface area contributed by atoms with Crippen molar-refractivity contribution >= 4 is 14.6 Å². The third kappa shape index (κ3) is 6.00. The van der Waals surface area contributed by atoms with Gasteiger partial charge in [-0.05, 0) is 51.3 Å². The van der Waals surface area contributed by atoms with Gasteiger partial charge in [0.25, 0.3) is 0 Å². The van der Waals surface area contributed by atoms with Crippen LogP contribution in [0.15, 0.2) is 48.5 Å². The second-order valence-electron chi connectivity index (χ2n) is 6.38. The Hall–Kier alpha value is -1.99. The lowest BCUT2D eigenvalue weighted by atomic mass is 10.00. The summed E-state index contributed by atoms with van der Waals surface area (Å²) < 4.78 is 17.6. The van der Waals surface area contributed by atoms with Gasteiger partial charge in [0.1, 0.15) is 5.75 Å². The molecular formula is C22H30O5Si. The SMILES string of the molecule is CCO[Si](CCCc1ccc(C(=O)c2ccccc2)c(O)c1)(OCC)OCC. The minimum absolute atomic E-state index is 0.00860. The van der Waals surface area contributed by atoms with E-state index >= 15 is 0 Å². The first-order valence-corrected chi connectivity index (χ1v) is 11.8. The van der Waals surface area contributed by atoms with Crippen LogP contribution in [0.25, 0.3) is 0 Å². The summed E-state index contributed by atoms with van der Waals surface area (Å²) in [5, 5.41) is 10.3. The molecule has 5 nitrogen and oxygen atoms in total. The lowest BCUT2D eigenvalue weighted by Gasteiger charge is -2.28. The Bertz CT molecular complexity index is 731. The summed E-state index contributed by atoms with van der Waals surface area (Å²) in [5.41, 5.74) is 1.85. The van der Waals surface area contributed by atoms with Crippen LogP contribution in [0.3, 0.4) is 0 Å². The summed E-state index contributed by atoms with van der Waals surface area (Å²) in [7, 11) is -2.65. The van der Waals surface area contributed by atoms with E-state index in [0.717, 1.165) is 18.4 Å². The van der Waals surface area contributed by atoms with Gasteiger partial charge < -0.3 is 18.4 Å². The highest BCUT2D eigenvalue weighted by atomic mass is 28.4. The van der Waals surface area contributed by atoms with Crippen LogP contribution < -0.4 is 0 Å². The molecule has 0 heterocycles. The van der Waals surface area contributed by atoms with Crippen molar-refractivity contribution in [2.24, 2.45) is 0 Å². The van der Waals surface area contributed by atoms with E-state index in [2.05, 4.69) is 0 Å². The predicted molar refractivity (Wildman–Crippen MR) is 112 cm³/mol. The minimum Gasteiger partial charge on any atom is -0.507 e. The molecule has 152 valence electrons. The molecule has 1 N–H and O–H groups in total. The van der Waals surface area contributed by atoms with Crippen molar-refractivity contribution in [2.75, 3.05) is 19.8 Å². The number of hydrogen-bond donors (Lipinski definition) is 1. The zero-order valence-corrected chi connectivity index (χ0v) is 17.9. The minimum atomic E-state index is -2.65. The fraction of sp³-hybridized carbons (Fsp3) is 0.409. The van der Waals surface area contributed by atoms with Crippen molar-refractivity contribution in [1.82, 2.24) is 0 Å². The van der Waals surface area contributed by atoms with E-state index in [-0.39, 0.29) is 11.5 Å². The number of benzene rings is 2. The zero-order valence-electron chi connectivity index (χ0n) is 16.9. The summed E-state index contributed by atoms with van der Waals surface area (Å²) >= 11 is 0. The number of ketones is 1. The molecule has 0 fully saturated rings. The van der Waals surface area contributed by atoms with E-state index < -0.39 is 8.80 Å². The first-order valence-electron chi connectivity index (χ1n) is 9.88. The Morgan fingerprint density at radius 3 is 2.07 bits per heavy atom. The van der Waals surface area contributed by atoms with Crippen LogP contribution in [0.5, 0.6) is 5.75 Å². The van der Waals surface area contributed by atoms with Gasteiger partial charge in [-0.3, -0.25) is 4.79 Å². The van der Waals surface area contributed by atoms with E-state index in [1.54, 1.807) is 24.3 Å². The molecule has 0 aliphatic rings. The van der Waals surface area contributed by atoms with Crippen molar-refractivity contribution in [2.45, 2.75) is 39.7 Å². The van der Waals surface area contributed by atoms with Crippen molar-refractivity contribution in [3.8, 4) is 5.75 Å². The highest BCUT2D eigenvalue weighted by Crippen LogP contribution is 2.25. The number of phenols is 1. The molecule has 2 rings (SSSR count). The molecule has 0 bridgehead atoms. The van der Waals surface area contributed by atoms with Gasteiger partial charge in [0.2, 0.25) is 0 Å². The van der Waals surface area contributed by atoms with Crippen molar-refractivity contribution in [1.29, 1.82) is 0 Å². The zero-order chi connectivity index (χ0) is 20.4. The third-order valence-corrected chi connectivity index (χ3v) is 7.54. The molecule has 0 atom stereocenters. The molecule has 2 aromatic carbocycles. The lowest BCUT2D eigenvalue weighted by molar-refractivity contribution is 0.0708. The quantitative estimate of drug-likeness (QED) is 0.415. The van der Waals surface area contributed by atoms with E-state index in [4.69, 9.17) is 13.3 Å². The molecule has 0 amide bonds. The maximum absolute atomic E-state index is 12.5. The third-order valence-electron chi connectivity index (χ3n) is 4.38. The molecule has 0 radical (unpaired) electrons. The van der Waals surface area contributed by atoms with Crippen LogP contribution in [0.2, 0.25) is 6.04 Å². The van der Waals surface area contributed by atoms with Gasteiger partial charge in [0, 0.05) is 31.4 Å². The molecule has 0 spiro atoms. The topological polar surface area (TPSA) is 65.0 Å². The maximum atomic E-state index is 12.5. The summed E-state index contributed by atoms with van der Waals surface area (Å²) in [6.07, 6.45) is 1.56. The fourth-order valence-corrected chi connectivity index (χ4v) is 5.79. The number of carbonyl (C=O) groups excluding carboxylic acids is 1. The summed E-state index contributed by atoms with van der Waals surface area (Å²) in [6, 6.07) is 14.9. The van der Waals surface area contributed by atoms with Crippen LogP contribution in [-0.4, -0.2) is 39.5 Å². The summed E-state index contributed by atoms with van der Waals surface area (Å²) in [5.74, 6) is -0.172. The van der Waals surface area contributed by atoms with Crippen LogP contribution in [-0.2, 0) is 19.7 Å². The number of phenolic OH excluding ortho intramolecular Hbond substituents is 1. The maximum Gasteiger partial charge on any atom is 0.500 e. The standard InChI is InChI=1S/C22H30O5Si/c1-4-25-28(26-5-2,27-6-3)16-10-11-18-14-15-20(21(23)17-18)22(24)19-12-8-7-9-13-19/h7-9,12-15,17,23H,4-6,10-11,16H2,1-3H3. The number of hydrogen-bond acceptors (Lipinski definition) is 5. The molecule has 0 unspecified atom stereocenters. The Morgan fingerprint density at radius 2 is 1.54 bits per heavy atom. The average molecular weight is 403 g/mol. The van der Waals surface area contributed by atoms with Crippen molar-refractivity contribution in [3.63, 3.8) is 0 Å². The Balaban J connectivity index is 2.03. The molecule has 0 aromatic heterocycles. The first-order chi connectivity index (χ1) is 13.5. The van der Waals surface area contributed by atoms with Crippen LogP contribution in [0.1, 0.15) is 48.7 Å². The Kier molecular flexibility index (Phi) is 8.85. The summed E-state index contributed by atoms with van der Waals surface area (Å²) in [4.78, 5) is 12.5. The van der Waals surface area contributed by atoms with Gasteiger partial charge in [-0.15, -0.1) is 0 Å². The largest absolute Gasteiger partial charge is 0.507 e. The molecule has 0 saturated carbocycles. The highest BCUT2D eigenvalue weighted by Gasteiger charge is 2.39. The van der Waals surface area contributed by atoms with Gasteiger partial charge in [-0.2, -0.15) is 0 Å². The first kappa shape index (κ1) is 22.3. The smallest absolute Gasteiger partial charge is 0.500 e. The molecule has 28 heavy (non-hydrogen) atoms. The molecular weight excluding hydrogens is 372 g/mol.